The Kier molecular flexibility index (Phi) is 4.45. The molecule has 2 aliphatic rings. The highest BCUT2D eigenvalue weighted by atomic mass is 16.2. The topological polar surface area (TPSA) is 69.3 Å². The number of hydrogen-bond acceptors (Lipinski definition) is 3. The van der Waals surface area contributed by atoms with Crippen molar-refractivity contribution >= 4 is 11.8 Å². The van der Waals surface area contributed by atoms with Gasteiger partial charge in [-0.3, -0.25) is 14.7 Å². The number of nitrogens with zero attached hydrogens (tertiary/aromatic N) is 3. The van der Waals surface area contributed by atoms with Crippen LogP contribution >= 0.6 is 0 Å². The monoisotopic (exact) mass is 304 g/mol. The highest BCUT2D eigenvalue weighted by molar-refractivity contribution is 5.92. The van der Waals surface area contributed by atoms with Gasteiger partial charge in [0.1, 0.15) is 5.69 Å². The van der Waals surface area contributed by atoms with Gasteiger partial charge in [0.05, 0.1) is 0 Å². The van der Waals surface area contributed by atoms with Crippen molar-refractivity contribution in [3.05, 3.63) is 17.5 Å². The lowest BCUT2D eigenvalue weighted by Crippen LogP contribution is -2.52. The molecule has 1 aromatic heterocycles. The first-order chi connectivity index (χ1) is 10.6. The van der Waals surface area contributed by atoms with Gasteiger partial charge in [-0.05, 0) is 25.8 Å². The third-order valence-corrected chi connectivity index (χ3v) is 4.76. The summed E-state index contributed by atoms with van der Waals surface area (Å²) in [5, 5.41) is 6.82. The van der Waals surface area contributed by atoms with Crippen molar-refractivity contribution in [2.24, 2.45) is 5.92 Å². The van der Waals surface area contributed by atoms with Crippen LogP contribution < -0.4 is 0 Å². The lowest BCUT2D eigenvalue weighted by atomic mass is 9.88. The van der Waals surface area contributed by atoms with E-state index in [0.717, 1.165) is 18.5 Å². The highest BCUT2D eigenvalue weighted by Crippen LogP contribution is 2.25. The quantitative estimate of drug-likeness (QED) is 0.902. The summed E-state index contributed by atoms with van der Waals surface area (Å²) in [6, 6.07) is 1.77. The average molecular weight is 304 g/mol. The van der Waals surface area contributed by atoms with E-state index in [0.29, 0.717) is 37.8 Å². The fraction of sp³-hybridized carbons (Fsp3) is 0.688. The predicted molar refractivity (Wildman–Crippen MR) is 82.4 cm³/mol. The summed E-state index contributed by atoms with van der Waals surface area (Å²) in [4.78, 5) is 28.6. The third-order valence-electron chi connectivity index (χ3n) is 4.76. The molecule has 0 aromatic carbocycles. The molecule has 1 saturated heterocycles. The molecule has 2 amide bonds. The minimum atomic E-state index is -0.0471. The van der Waals surface area contributed by atoms with Crippen molar-refractivity contribution in [1.29, 1.82) is 0 Å². The van der Waals surface area contributed by atoms with Crippen LogP contribution in [0.3, 0.4) is 0 Å². The number of hydrogen-bond donors (Lipinski definition) is 1. The maximum atomic E-state index is 12.5. The summed E-state index contributed by atoms with van der Waals surface area (Å²) < 4.78 is 0. The first-order valence-electron chi connectivity index (χ1n) is 8.25. The van der Waals surface area contributed by atoms with Crippen LogP contribution in [-0.4, -0.2) is 58.0 Å². The molecule has 1 aliphatic carbocycles. The van der Waals surface area contributed by atoms with Gasteiger partial charge in [0, 0.05) is 37.8 Å². The van der Waals surface area contributed by atoms with Gasteiger partial charge in [-0.25, -0.2) is 0 Å². The van der Waals surface area contributed by atoms with Crippen LogP contribution in [0.15, 0.2) is 6.07 Å². The van der Waals surface area contributed by atoms with Gasteiger partial charge in [0.25, 0.3) is 5.91 Å². The van der Waals surface area contributed by atoms with Gasteiger partial charge >= 0.3 is 0 Å². The van der Waals surface area contributed by atoms with Gasteiger partial charge in [-0.2, -0.15) is 5.10 Å². The zero-order chi connectivity index (χ0) is 15.5. The van der Waals surface area contributed by atoms with Gasteiger partial charge in [0.2, 0.25) is 5.91 Å². The summed E-state index contributed by atoms with van der Waals surface area (Å²) in [5.74, 6) is 0.460. The summed E-state index contributed by atoms with van der Waals surface area (Å²) in [7, 11) is 0. The molecule has 6 nitrogen and oxygen atoms in total. The third kappa shape index (κ3) is 3.15. The SMILES string of the molecule is Cc1cc(C(=O)N2CCN(C(=O)C3CCCCC3)CC2)n[nH]1. The second-order valence-corrected chi connectivity index (χ2v) is 6.39. The molecule has 3 rings (SSSR count). The van der Waals surface area contributed by atoms with Gasteiger partial charge in [0.15, 0.2) is 0 Å². The lowest BCUT2D eigenvalue weighted by Gasteiger charge is -2.36. The number of carbonyl (C=O) groups is 2. The molecule has 2 heterocycles. The Morgan fingerprint density at radius 1 is 1.09 bits per heavy atom. The highest BCUT2D eigenvalue weighted by Gasteiger charge is 2.30. The molecule has 1 saturated carbocycles. The Bertz CT molecular complexity index is 540. The van der Waals surface area contributed by atoms with Crippen molar-refractivity contribution in [2.75, 3.05) is 26.2 Å². The maximum Gasteiger partial charge on any atom is 0.274 e. The molecule has 22 heavy (non-hydrogen) atoms. The number of aryl methyl sites for hydroxylation is 1. The van der Waals surface area contributed by atoms with E-state index >= 15 is 0 Å². The van der Waals surface area contributed by atoms with Crippen molar-refractivity contribution in [2.45, 2.75) is 39.0 Å². The molecule has 0 bridgehead atoms. The van der Waals surface area contributed by atoms with E-state index in [4.69, 9.17) is 0 Å². The number of rotatable bonds is 2. The molecule has 0 atom stereocenters. The standard InChI is InChI=1S/C16H24N4O2/c1-12-11-14(18-17-12)16(22)20-9-7-19(8-10-20)15(21)13-5-3-2-4-6-13/h11,13H,2-10H2,1H3,(H,17,18). The van der Waals surface area contributed by atoms with Crippen LogP contribution in [0.5, 0.6) is 0 Å². The zero-order valence-electron chi connectivity index (χ0n) is 13.2. The summed E-state index contributed by atoms with van der Waals surface area (Å²) in [6.45, 7) is 4.37. The van der Waals surface area contributed by atoms with E-state index in [1.807, 2.05) is 11.8 Å². The second-order valence-electron chi connectivity index (χ2n) is 6.39. The van der Waals surface area contributed by atoms with Crippen LogP contribution in [0, 0.1) is 12.8 Å². The van der Waals surface area contributed by atoms with Crippen LogP contribution in [0.4, 0.5) is 0 Å². The van der Waals surface area contributed by atoms with E-state index in [-0.39, 0.29) is 11.8 Å². The Hall–Kier alpha value is -1.85. The number of aromatic amines is 1. The zero-order valence-corrected chi connectivity index (χ0v) is 13.2. The molecular formula is C16H24N4O2. The second kappa shape index (κ2) is 6.50. The van der Waals surface area contributed by atoms with E-state index < -0.39 is 0 Å². The summed E-state index contributed by atoms with van der Waals surface area (Å²) in [5.41, 5.74) is 1.35. The van der Waals surface area contributed by atoms with Gasteiger partial charge in [-0.15, -0.1) is 0 Å². The van der Waals surface area contributed by atoms with Crippen molar-refractivity contribution in [1.82, 2.24) is 20.0 Å². The first kappa shape index (κ1) is 15.1. The molecule has 1 N–H and O–H groups in total. The molecule has 120 valence electrons. The lowest BCUT2D eigenvalue weighted by molar-refractivity contribution is -0.138. The normalized spacial score (nSPS) is 20.2. The summed E-state index contributed by atoms with van der Waals surface area (Å²) >= 11 is 0. The van der Waals surface area contributed by atoms with Crippen molar-refractivity contribution in [3.8, 4) is 0 Å². The Morgan fingerprint density at radius 2 is 1.73 bits per heavy atom. The largest absolute Gasteiger partial charge is 0.339 e. The molecule has 0 spiro atoms. The van der Waals surface area contributed by atoms with Gasteiger partial charge in [-0.1, -0.05) is 19.3 Å². The molecule has 2 fully saturated rings. The molecule has 6 heteroatoms. The number of H-pyrrole nitrogens is 1. The van der Waals surface area contributed by atoms with Crippen molar-refractivity contribution in [3.63, 3.8) is 0 Å². The Labute approximate surface area is 130 Å². The fourth-order valence-corrected chi connectivity index (χ4v) is 3.43. The van der Waals surface area contributed by atoms with Crippen molar-refractivity contribution < 1.29 is 9.59 Å². The van der Waals surface area contributed by atoms with E-state index in [2.05, 4.69) is 10.2 Å². The average Bonchev–Trinajstić information content (AvgIpc) is 3.01. The first-order valence-corrected chi connectivity index (χ1v) is 8.25. The smallest absolute Gasteiger partial charge is 0.274 e. The Morgan fingerprint density at radius 3 is 2.32 bits per heavy atom. The summed E-state index contributed by atoms with van der Waals surface area (Å²) in [6.07, 6.45) is 5.67. The minimum Gasteiger partial charge on any atom is -0.339 e. The van der Waals surface area contributed by atoms with E-state index in [1.54, 1.807) is 11.0 Å². The van der Waals surface area contributed by atoms with Crippen LogP contribution in [0.2, 0.25) is 0 Å². The van der Waals surface area contributed by atoms with Crippen LogP contribution in [0.25, 0.3) is 0 Å². The molecule has 0 unspecified atom stereocenters. The maximum absolute atomic E-state index is 12.5. The van der Waals surface area contributed by atoms with Crippen LogP contribution in [-0.2, 0) is 4.79 Å². The molecule has 1 aliphatic heterocycles. The predicted octanol–water partition coefficient (Wildman–Crippen LogP) is 1.58. The number of piperazine rings is 1. The van der Waals surface area contributed by atoms with E-state index in [1.165, 1.54) is 19.3 Å². The molecular weight excluding hydrogens is 280 g/mol. The fourth-order valence-electron chi connectivity index (χ4n) is 3.43. The number of carbonyl (C=O) groups excluding carboxylic acids is 2. The van der Waals surface area contributed by atoms with Crippen LogP contribution in [0.1, 0.15) is 48.3 Å². The minimum absolute atomic E-state index is 0.0471. The van der Waals surface area contributed by atoms with Gasteiger partial charge < -0.3 is 9.80 Å². The number of amides is 2. The van der Waals surface area contributed by atoms with E-state index in [9.17, 15) is 9.59 Å². The number of nitrogens with one attached hydrogen (secondary N) is 1. The number of aromatic nitrogens is 2. The molecule has 1 aromatic rings. The molecule has 0 radical (unpaired) electrons. The Balaban J connectivity index is 1.53.